The Balaban J connectivity index is 2.01. The van der Waals surface area contributed by atoms with Crippen molar-refractivity contribution in [1.82, 2.24) is 10.2 Å². The number of piperazine rings is 1. The van der Waals surface area contributed by atoms with Gasteiger partial charge < -0.3 is 24.4 Å². The van der Waals surface area contributed by atoms with Crippen LogP contribution in [-0.2, 0) is 16.1 Å². The molecule has 0 aliphatic carbocycles. The standard InChI is InChI=1S/C17H24F2N2O4/c1-3-12-10-20-6-7-21(12)17(22)25-11-13-14(18)4-5-15(16(13)19)24-9-8-23-2/h4-5,12,20H,3,6-11H2,1-2H3. The molecule has 0 aromatic heterocycles. The van der Waals surface area contributed by atoms with Crippen molar-refractivity contribution in [3.63, 3.8) is 0 Å². The first kappa shape index (κ1) is 19.4. The van der Waals surface area contributed by atoms with Gasteiger partial charge in [-0.15, -0.1) is 0 Å². The molecule has 25 heavy (non-hydrogen) atoms. The molecule has 1 heterocycles. The van der Waals surface area contributed by atoms with Crippen molar-refractivity contribution in [3.05, 3.63) is 29.3 Å². The van der Waals surface area contributed by atoms with Crippen molar-refractivity contribution in [2.75, 3.05) is 40.0 Å². The maximum Gasteiger partial charge on any atom is 0.410 e. The van der Waals surface area contributed by atoms with Gasteiger partial charge in [-0.2, -0.15) is 0 Å². The fraction of sp³-hybridized carbons (Fsp3) is 0.588. The third-order valence-electron chi connectivity index (χ3n) is 4.09. The Morgan fingerprint density at radius 2 is 2.16 bits per heavy atom. The highest BCUT2D eigenvalue weighted by Crippen LogP contribution is 2.24. The molecule has 8 heteroatoms. The molecule has 0 radical (unpaired) electrons. The molecule has 140 valence electrons. The molecule has 1 aliphatic heterocycles. The van der Waals surface area contributed by atoms with E-state index in [-0.39, 0.29) is 30.6 Å². The number of nitrogens with zero attached hydrogens (tertiary/aromatic N) is 1. The van der Waals surface area contributed by atoms with Crippen LogP contribution in [0.5, 0.6) is 5.75 Å². The van der Waals surface area contributed by atoms with Gasteiger partial charge in [0.1, 0.15) is 19.0 Å². The second-order valence-corrected chi connectivity index (χ2v) is 5.69. The number of rotatable bonds is 7. The first-order valence-corrected chi connectivity index (χ1v) is 8.31. The second kappa shape index (κ2) is 9.53. The average molecular weight is 358 g/mol. The third-order valence-corrected chi connectivity index (χ3v) is 4.09. The molecule has 0 bridgehead atoms. The average Bonchev–Trinajstić information content (AvgIpc) is 2.63. The first-order valence-electron chi connectivity index (χ1n) is 8.31. The van der Waals surface area contributed by atoms with Crippen LogP contribution in [0, 0.1) is 11.6 Å². The minimum atomic E-state index is -0.865. The van der Waals surface area contributed by atoms with E-state index in [0.717, 1.165) is 12.5 Å². The molecule has 1 saturated heterocycles. The highest BCUT2D eigenvalue weighted by Gasteiger charge is 2.27. The van der Waals surface area contributed by atoms with Gasteiger partial charge >= 0.3 is 6.09 Å². The van der Waals surface area contributed by atoms with E-state index in [1.807, 2.05) is 6.92 Å². The molecule has 1 N–H and O–H groups in total. The van der Waals surface area contributed by atoms with Gasteiger partial charge in [-0.05, 0) is 18.6 Å². The van der Waals surface area contributed by atoms with Crippen LogP contribution < -0.4 is 10.1 Å². The molecule has 1 amide bonds. The Morgan fingerprint density at radius 3 is 2.88 bits per heavy atom. The van der Waals surface area contributed by atoms with E-state index >= 15 is 0 Å². The summed E-state index contributed by atoms with van der Waals surface area (Å²) in [7, 11) is 1.49. The van der Waals surface area contributed by atoms with Crippen molar-refractivity contribution in [2.45, 2.75) is 26.0 Å². The lowest BCUT2D eigenvalue weighted by molar-refractivity contribution is 0.0696. The van der Waals surface area contributed by atoms with Gasteiger partial charge in [0.15, 0.2) is 11.6 Å². The molecular formula is C17H24F2N2O4. The highest BCUT2D eigenvalue weighted by molar-refractivity contribution is 5.68. The normalized spacial score (nSPS) is 17.4. The van der Waals surface area contributed by atoms with Gasteiger partial charge in [0.25, 0.3) is 0 Å². The van der Waals surface area contributed by atoms with Crippen LogP contribution in [0.2, 0.25) is 0 Å². The fourth-order valence-corrected chi connectivity index (χ4v) is 2.64. The molecule has 0 saturated carbocycles. The summed E-state index contributed by atoms with van der Waals surface area (Å²) in [5.41, 5.74) is -0.327. The second-order valence-electron chi connectivity index (χ2n) is 5.69. The fourth-order valence-electron chi connectivity index (χ4n) is 2.64. The summed E-state index contributed by atoms with van der Waals surface area (Å²) in [6.45, 7) is 3.74. The number of hydrogen-bond donors (Lipinski definition) is 1. The van der Waals surface area contributed by atoms with E-state index in [2.05, 4.69) is 5.32 Å². The zero-order chi connectivity index (χ0) is 18.2. The van der Waals surface area contributed by atoms with Crippen molar-refractivity contribution >= 4 is 6.09 Å². The van der Waals surface area contributed by atoms with E-state index in [9.17, 15) is 13.6 Å². The predicted octanol–water partition coefficient (Wildman–Crippen LogP) is 2.31. The lowest BCUT2D eigenvalue weighted by Crippen LogP contribution is -2.53. The Morgan fingerprint density at radius 1 is 1.36 bits per heavy atom. The van der Waals surface area contributed by atoms with Crippen LogP contribution in [0.15, 0.2) is 12.1 Å². The van der Waals surface area contributed by atoms with Gasteiger partial charge in [-0.3, -0.25) is 0 Å². The molecule has 1 unspecified atom stereocenters. The van der Waals surface area contributed by atoms with E-state index in [0.29, 0.717) is 19.6 Å². The summed E-state index contributed by atoms with van der Waals surface area (Å²) in [6.07, 6.45) is 0.200. The summed E-state index contributed by atoms with van der Waals surface area (Å²) in [6, 6.07) is 2.31. The third kappa shape index (κ3) is 5.02. The van der Waals surface area contributed by atoms with E-state index in [4.69, 9.17) is 14.2 Å². The van der Waals surface area contributed by atoms with Crippen molar-refractivity contribution in [2.24, 2.45) is 0 Å². The van der Waals surface area contributed by atoms with E-state index in [1.165, 1.54) is 13.2 Å². The summed E-state index contributed by atoms with van der Waals surface area (Å²) < 4.78 is 43.5. The SMILES string of the molecule is CCC1CNCCN1C(=O)OCc1c(F)ccc(OCCOC)c1F. The lowest BCUT2D eigenvalue weighted by Gasteiger charge is -2.34. The molecule has 1 atom stereocenters. The number of benzene rings is 1. The number of carbonyl (C=O) groups is 1. The smallest absolute Gasteiger partial charge is 0.410 e. The van der Waals surface area contributed by atoms with E-state index < -0.39 is 24.3 Å². The maximum atomic E-state index is 14.4. The summed E-state index contributed by atoms with van der Waals surface area (Å²) in [5.74, 6) is -1.74. The molecule has 1 aromatic rings. The molecular weight excluding hydrogens is 334 g/mol. The molecule has 1 aromatic carbocycles. The number of nitrogens with one attached hydrogen (secondary N) is 1. The number of halogens is 2. The zero-order valence-electron chi connectivity index (χ0n) is 14.5. The number of methoxy groups -OCH3 is 1. The Bertz CT molecular complexity index is 586. The number of ether oxygens (including phenoxy) is 3. The quantitative estimate of drug-likeness (QED) is 0.758. The van der Waals surface area contributed by atoms with Crippen LogP contribution in [0.1, 0.15) is 18.9 Å². The zero-order valence-corrected chi connectivity index (χ0v) is 14.5. The highest BCUT2D eigenvalue weighted by atomic mass is 19.1. The number of carbonyl (C=O) groups excluding carboxylic acids is 1. The maximum absolute atomic E-state index is 14.4. The van der Waals surface area contributed by atoms with Gasteiger partial charge in [-0.25, -0.2) is 13.6 Å². The topological polar surface area (TPSA) is 60.0 Å². The van der Waals surface area contributed by atoms with Crippen LogP contribution in [0.25, 0.3) is 0 Å². The lowest BCUT2D eigenvalue weighted by atomic mass is 10.1. The molecule has 6 nitrogen and oxygen atoms in total. The van der Waals surface area contributed by atoms with Crippen molar-refractivity contribution in [3.8, 4) is 5.75 Å². The Hall–Kier alpha value is -1.93. The van der Waals surface area contributed by atoms with Gasteiger partial charge in [0.05, 0.1) is 12.2 Å². The Labute approximate surface area is 146 Å². The summed E-state index contributed by atoms with van der Waals surface area (Å²) >= 11 is 0. The van der Waals surface area contributed by atoms with Crippen molar-refractivity contribution < 1.29 is 27.8 Å². The van der Waals surface area contributed by atoms with Crippen LogP contribution >= 0.6 is 0 Å². The summed E-state index contributed by atoms with van der Waals surface area (Å²) in [4.78, 5) is 13.8. The minimum absolute atomic E-state index is 0.0136. The molecule has 1 fully saturated rings. The molecule has 1 aliphatic rings. The van der Waals surface area contributed by atoms with Gasteiger partial charge in [0, 0.05) is 32.8 Å². The van der Waals surface area contributed by atoms with E-state index in [1.54, 1.807) is 4.90 Å². The molecule has 0 spiro atoms. The predicted molar refractivity (Wildman–Crippen MR) is 87.6 cm³/mol. The molecule has 2 rings (SSSR count). The number of hydrogen-bond acceptors (Lipinski definition) is 5. The van der Waals surface area contributed by atoms with Crippen LogP contribution in [0.3, 0.4) is 0 Å². The van der Waals surface area contributed by atoms with Crippen molar-refractivity contribution in [1.29, 1.82) is 0 Å². The first-order chi connectivity index (χ1) is 12.1. The van der Waals surface area contributed by atoms with Gasteiger partial charge in [0.2, 0.25) is 0 Å². The van der Waals surface area contributed by atoms with Crippen LogP contribution in [-0.4, -0.2) is 57.0 Å². The minimum Gasteiger partial charge on any atom is -0.488 e. The largest absolute Gasteiger partial charge is 0.488 e. The summed E-state index contributed by atoms with van der Waals surface area (Å²) in [5, 5.41) is 3.20. The van der Waals surface area contributed by atoms with Crippen LogP contribution in [0.4, 0.5) is 13.6 Å². The number of amides is 1. The van der Waals surface area contributed by atoms with Gasteiger partial charge in [-0.1, -0.05) is 6.92 Å². The monoisotopic (exact) mass is 358 g/mol. The Kier molecular flexibility index (Phi) is 7.39.